The molecular weight excluding hydrogens is 528 g/mol. The van der Waals surface area contributed by atoms with E-state index in [1.807, 2.05) is 60.7 Å². The quantitative estimate of drug-likeness (QED) is 0.202. The lowest BCUT2D eigenvalue weighted by Crippen LogP contribution is -2.30. The first kappa shape index (κ1) is 26.3. The maximum Gasteiger partial charge on any atom is 0.257 e. The zero-order chi connectivity index (χ0) is 24.9. The molecule has 3 rings (SSSR count). The van der Waals surface area contributed by atoms with Gasteiger partial charge in [-0.2, -0.15) is 5.10 Å². The van der Waals surface area contributed by atoms with Gasteiger partial charge < -0.3 is 20.5 Å². The van der Waals surface area contributed by atoms with Crippen molar-refractivity contribution in [1.29, 1.82) is 0 Å². The van der Waals surface area contributed by atoms with Gasteiger partial charge in [0, 0.05) is 12.3 Å². The van der Waals surface area contributed by atoms with E-state index in [1.54, 1.807) is 18.3 Å². The standard InChI is InChI=1S/C26H27BrN4O3S/c1-33-23-15-21(16-30-31-26(28)35-18-20-10-6-3-7-11-20)14-22(27)25(23)34-17-24(32)29-13-12-19-8-4-2-5-9-19/h2-11,14-16H,12-13,17-18H2,1H3,(H2,28,31)(H,29,32). The monoisotopic (exact) mass is 554 g/mol. The van der Waals surface area contributed by atoms with Gasteiger partial charge in [-0.3, -0.25) is 4.79 Å². The summed E-state index contributed by atoms with van der Waals surface area (Å²) in [6.07, 6.45) is 2.33. The average molecular weight is 555 g/mol. The summed E-state index contributed by atoms with van der Waals surface area (Å²) < 4.78 is 11.8. The first-order valence-electron chi connectivity index (χ1n) is 10.9. The number of nitrogens with one attached hydrogen (secondary N) is 1. The van der Waals surface area contributed by atoms with Crippen LogP contribution in [0.4, 0.5) is 0 Å². The molecule has 1 amide bonds. The fraction of sp³-hybridized carbons (Fsp3) is 0.192. The molecule has 3 aromatic carbocycles. The van der Waals surface area contributed by atoms with Crippen molar-refractivity contribution in [3.05, 3.63) is 94.0 Å². The number of amides is 1. The molecule has 0 aliphatic carbocycles. The van der Waals surface area contributed by atoms with Gasteiger partial charge in [-0.25, -0.2) is 0 Å². The van der Waals surface area contributed by atoms with Crippen LogP contribution in [-0.4, -0.2) is 37.6 Å². The molecule has 0 aromatic heterocycles. The second-order valence-electron chi connectivity index (χ2n) is 7.37. The highest BCUT2D eigenvalue weighted by Gasteiger charge is 2.13. The number of ether oxygens (including phenoxy) is 2. The third kappa shape index (κ3) is 9.11. The van der Waals surface area contributed by atoms with Crippen LogP contribution in [0.1, 0.15) is 16.7 Å². The Morgan fingerprint density at radius 1 is 1.09 bits per heavy atom. The molecule has 0 aliphatic rings. The van der Waals surface area contributed by atoms with E-state index < -0.39 is 0 Å². The number of carbonyl (C=O) groups excluding carboxylic acids is 1. The summed E-state index contributed by atoms with van der Waals surface area (Å²) in [5, 5.41) is 11.3. The van der Waals surface area contributed by atoms with Crippen LogP contribution in [0.15, 0.2) is 87.5 Å². The predicted molar refractivity (Wildman–Crippen MR) is 146 cm³/mol. The molecule has 0 fully saturated rings. The molecular formula is C26H27BrN4O3S. The summed E-state index contributed by atoms with van der Waals surface area (Å²) in [5.41, 5.74) is 9.00. The van der Waals surface area contributed by atoms with Gasteiger partial charge in [0.25, 0.3) is 5.91 Å². The topological polar surface area (TPSA) is 98.3 Å². The Kier molecular flexibility index (Phi) is 10.7. The van der Waals surface area contributed by atoms with Crippen LogP contribution in [0, 0.1) is 0 Å². The first-order chi connectivity index (χ1) is 17.0. The van der Waals surface area contributed by atoms with Crippen LogP contribution in [0.25, 0.3) is 0 Å². The van der Waals surface area contributed by atoms with Crippen molar-refractivity contribution in [3.63, 3.8) is 0 Å². The van der Waals surface area contributed by atoms with Crippen molar-refractivity contribution in [2.24, 2.45) is 15.9 Å². The molecule has 0 bridgehead atoms. The third-order valence-electron chi connectivity index (χ3n) is 4.77. The minimum absolute atomic E-state index is 0.128. The predicted octanol–water partition coefficient (Wildman–Crippen LogP) is 4.78. The number of carbonyl (C=O) groups is 1. The minimum Gasteiger partial charge on any atom is -0.493 e. The summed E-state index contributed by atoms with van der Waals surface area (Å²) >= 11 is 4.89. The number of hydrogen-bond donors (Lipinski definition) is 2. The molecule has 9 heteroatoms. The number of nitrogens with zero attached hydrogens (tertiary/aromatic N) is 2. The van der Waals surface area contributed by atoms with Crippen molar-refractivity contribution in [3.8, 4) is 11.5 Å². The molecule has 0 saturated heterocycles. The Balaban J connectivity index is 1.51. The number of methoxy groups -OCH3 is 1. The number of nitrogens with two attached hydrogens (primary N) is 1. The number of halogens is 1. The van der Waals surface area contributed by atoms with Gasteiger partial charge in [0.1, 0.15) is 0 Å². The zero-order valence-electron chi connectivity index (χ0n) is 19.3. The summed E-state index contributed by atoms with van der Waals surface area (Å²) in [6, 6.07) is 23.5. The van der Waals surface area contributed by atoms with E-state index in [1.165, 1.54) is 18.9 Å². The highest BCUT2D eigenvalue weighted by molar-refractivity contribution is 9.10. The van der Waals surface area contributed by atoms with Crippen molar-refractivity contribution in [2.45, 2.75) is 12.2 Å². The van der Waals surface area contributed by atoms with Crippen molar-refractivity contribution in [1.82, 2.24) is 5.32 Å². The van der Waals surface area contributed by atoms with Gasteiger partial charge >= 0.3 is 0 Å². The fourth-order valence-electron chi connectivity index (χ4n) is 3.05. The van der Waals surface area contributed by atoms with E-state index in [4.69, 9.17) is 15.2 Å². The Bertz CT molecular complexity index is 1160. The van der Waals surface area contributed by atoms with E-state index in [0.29, 0.717) is 27.7 Å². The van der Waals surface area contributed by atoms with Crippen molar-refractivity contribution >= 4 is 45.0 Å². The van der Waals surface area contributed by atoms with E-state index >= 15 is 0 Å². The first-order valence-corrected chi connectivity index (χ1v) is 12.7. The summed E-state index contributed by atoms with van der Waals surface area (Å²) in [6.45, 7) is 0.407. The summed E-state index contributed by atoms with van der Waals surface area (Å²) in [4.78, 5) is 12.2. The molecule has 0 aliphatic heterocycles. The van der Waals surface area contributed by atoms with E-state index in [2.05, 4.69) is 31.4 Å². The second kappa shape index (κ2) is 14.2. The largest absolute Gasteiger partial charge is 0.493 e. The van der Waals surface area contributed by atoms with Gasteiger partial charge in [0.05, 0.1) is 17.8 Å². The molecule has 3 N–H and O–H groups in total. The van der Waals surface area contributed by atoms with E-state index in [9.17, 15) is 4.79 Å². The number of thioether (sulfide) groups is 1. The fourth-order valence-corrected chi connectivity index (χ4v) is 4.23. The highest BCUT2D eigenvalue weighted by Crippen LogP contribution is 2.36. The second-order valence-corrected chi connectivity index (χ2v) is 9.22. The van der Waals surface area contributed by atoms with Crippen molar-refractivity contribution in [2.75, 3.05) is 20.3 Å². The normalized spacial score (nSPS) is 11.4. The highest BCUT2D eigenvalue weighted by atomic mass is 79.9. The summed E-state index contributed by atoms with van der Waals surface area (Å²) in [7, 11) is 1.53. The number of rotatable bonds is 11. The Morgan fingerprint density at radius 2 is 1.77 bits per heavy atom. The smallest absolute Gasteiger partial charge is 0.257 e. The Labute approximate surface area is 217 Å². The van der Waals surface area contributed by atoms with Crippen LogP contribution in [0.2, 0.25) is 0 Å². The van der Waals surface area contributed by atoms with Crippen molar-refractivity contribution < 1.29 is 14.3 Å². The molecule has 3 aromatic rings. The van der Waals surface area contributed by atoms with E-state index in [-0.39, 0.29) is 12.5 Å². The SMILES string of the molecule is COc1cc(C=NN=C(N)SCc2ccccc2)cc(Br)c1OCC(=O)NCCc1ccccc1. The van der Waals surface area contributed by atoms with Crippen LogP contribution in [0.3, 0.4) is 0 Å². The lowest BCUT2D eigenvalue weighted by atomic mass is 10.1. The van der Waals surface area contributed by atoms with Gasteiger partial charge in [0.15, 0.2) is 23.3 Å². The number of amidine groups is 1. The summed E-state index contributed by atoms with van der Waals surface area (Å²) in [5.74, 6) is 1.41. The Hall–Kier alpha value is -3.30. The van der Waals surface area contributed by atoms with Crippen LogP contribution < -0.4 is 20.5 Å². The van der Waals surface area contributed by atoms with Crippen LogP contribution in [-0.2, 0) is 17.0 Å². The zero-order valence-corrected chi connectivity index (χ0v) is 21.7. The van der Waals surface area contributed by atoms with E-state index in [0.717, 1.165) is 28.9 Å². The number of benzene rings is 3. The van der Waals surface area contributed by atoms with Gasteiger partial charge in [-0.15, -0.1) is 5.10 Å². The third-order valence-corrected chi connectivity index (χ3v) is 6.21. The lowest BCUT2D eigenvalue weighted by Gasteiger charge is -2.13. The molecule has 182 valence electrons. The van der Waals surface area contributed by atoms with Crippen LogP contribution >= 0.6 is 27.7 Å². The average Bonchev–Trinajstić information content (AvgIpc) is 2.88. The molecule has 0 saturated carbocycles. The van der Waals surface area contributed by atoms with Gasteiger partial charge in [-0.05, 0) is 51.2 Å². The maximum absolute atomic E-state index is 12.2. The molecule has 7 nitrogen and oxygen atoms in total. The molecule has 0 unspecified atom stereocenters. The Morgan fingerprint density at radius 3 is 2.46 bits per heavy atom. The number of hydrogen-bond acceptors (Lipinski definition) is 6. The van der Waals surface area contributed by atoms with Crippen LogP contribution in [0.5, 0.6) is 11.5 Å². The van der Waals surface area contributed by atoms with Gasteiger partial charge in [-0.1, -0.05) is 72.4 Å². The lowest BCUT2D eigenvalue weighted by molar-refractivity contribution is -0.123. The molecule has 0 heterocycles. The molecule has 35 heavy (non-hydrogen) atoms. The molecule has 0 spiro atoms. The molecule has 0 atom stereocenters. The van der Waals surface area contributed by atoms with Gasteiger partial charge in [0.2, 0.25) is 0 Å². The molecule has 0 radical (unpaired) electrons. The minimum atomic E-state index is -0.210. The maximum atomic E-state index is 12.2.